The number of guanidine groups is 1. The number of alkyl halides is 3. The van der Waals surface area contributed by atoms with Gasteiger partial charge in [0.05, 0.1) is 42.6 Å². The molecule has 1 aromatic carbocycles. The molecule has 2 aliphatic rings. The molecule has 1 aliphatic carbocycles. The molecule has 3 rings (SSSR count). The highest BCUT2D eigenvalue weighted by atomic mass is 19.4. The molecular weight excluding hydrogens is 1070 g/mol. The predicted molar refractivity (Wildman–Crippen MR) is 270 cm³/mol. The lowest BCUT2D eigenvalue weighted by Gasteiger charge is -2.29. The molecule has 80 heavy (non-hydrogen) atoms. The van der Waals surface area contributed by atoms with E-state index in [1.165, 1.54) is 0 Å². The Morgan fingerprint density at radius 1 is 0.775 bits per heavy atom. The van der Waals surface area contributed by atoms with Crippen molar-refractivity contribution in [3.8, 4) is 5.75 Å². The minimum absolute atomic E-state index is 0.000542. The molecule has 9 atom stereocenters. The Morgan fingerprint density at radius 2 is 1.29 bits per heavy atom. The van der Waals surface area contributed by atoms with Crippen molar-refractivity contribution >= 4 is 77.1 Å². The van der Waals surface area contributed by atoms with Gasteiger partial charge >= 0.3 is 24.1 Å². The molecule has 25 nitrogen and oxygen atoms in total. The number of hydrogen-bond acceptors (Lipinski definition) is 15. The van der Waals surface area contributed by atoms with E-state index in [1.807, 2.05) is 6.08 Å². The summed E-state index contributed by atoms with van der Waals surface area (Å²) in [4.78, 5) is 140. The summed E-state index contributed by atoms with van der Waals surface area (Å²) >= 11 is 0. The summed E-state index contributed by atoms with van der Waals surface area (Å²) in [5.41, 5.74) is 13.6. The predicted octanol–water partition coefficient (Wildman–Crippen LogP) is -5.35. The number of Topliss-reactive ketones (excluding diaryl/α,β-unsaturated/α-hetero) is 3. The van der Waals surface area contributed by atoms with Gasteiger partial charge in [-0.25, -0.2) is 4.99 Å². The van der Waals surface area contributed by atoms with Crippen molar-refractivity contribution in [2.75, 3.05) is 6.54 Å². The smallest absolute Gasteiger partial charge is 0.419 e. The van der Waals surface area contributed by atoms with Crippen LogP contribution in [0.15, 0.2) is 30.0 Å². The fourth-order valence-corrected chi connectivity index (χ4v) is 8.50. The zero-order valence-corrected chi connectivity index (χ0v) is 45.9. The maximum atomic E-state index is 14.6. The van der Waals surface area contributed by atoms with Crippen LogP contribution >= 0.6 is 0 Å². The molecule has 448 valence electrons. The minimum atomic E-state index is -5.00. The number of phenolic OH excluding ortho intramolecular Hbond substituents is 1. The molecule has 0 radical (unpaired) electrons. The number of allylic oxidation sites excluding steroid dienone is 1. The monoisotopic (exact) mass is 1140 g/mol. The normalized spacial score (nSPS) is 16.9. The molecular formula is C52H77F3N8O17. The van der Waals surface area contributed by atoms with Crippen LogP contribution in [0.4, 0.5) is 13.2 Å². The Morgan fingerprint density at radius 3 is 1.77 bits per heavy atom. The summed E-state index contributed by atoms with van der Waals surface area (Å²) in [5.74, 6) is -16.4. The second-order valence-electron chi connectivity index (χ2n) is 19.6. The second-order valence-corrected chi connectivity index (χ2v) is 19.6. The molecule has 0 saturated heterocycles. The third-order valence-electron chi connectivity index (χ3n) is 12.7. The lowest BCUT2D eigenvalue weighted by Crippen LogP contribution is -2.78. The Labute approximate surface area is 460 Å². The van der Waals surface area contributed by atoms with Crippen molar-refractivity contribution in [3.05, 3.63) is 41.1 Å². The van der Waals surface area contributed by atoms with Gasteiger partial charge in [-0.2, -0.15) is 13.2 Å². The van der Waals surface area contributed by atoms with Gasteiger partial charge < -0.3 is 66.7 Å². The second kappa shape index (κ2) is 35.7. The number of carboxylic acid groups (broad SMARTS) is 5. The van der Waals surface area contributed by atoms with Gasteiger partial charge in [0.15, 0.2) is 29.1 Å². The Hall–Kier alpha value is -7.78. The van der Waals surface area contributed by atoms with Crippen LogP contribution in [0.2, 0.25) is 0 Å². The van der Waals surface area contributed by atoms with E-state index in [1.54, 1.807) is 33.9 Å². The summed E-state index contributed by atoms with van der Waals surface area (Å²) in [6, 6.07) is -2.70. The molecule has 1 fully saturated rings. The van der Waals surface area contributed by atoms with E-state index in [-0.39, 0.29) is 37.3 Å². The first-order valence-corrected chi connectivity index (χ1v) is 25.6. The van der Waals surface area contributed by atoms with Crippen LogP contribution in [0.3, 0.4) is 0 Å². The highest BCUT2D eigenvalue weighted by Crippen LogP contribution is 2.37. The van der Waals surface area contributed by atoms with Crippen LogP contribution in [-0.2, 0) is 65.3 Å². The molecule has 1 aromatic rings. The van der Waals surface area contributed by atoms with Gasteiger partial charge in [0, 0.05) is 54.9 Å². The van der Waals surface area contributed by atoms with Gasteiger partial charge in [0.2, 0.25) is 11.8 Å². The summed E-state index contributed by atoms with van der Waals surface area (Å²) in [6.45, 7) is 9.78. The van der Waals surface area contributed by atoms with Crippen LogP contribution in [0, 0.1) is 35.5 Å². The van der Waals surface area contributed by atoms with E-state index in [9.17, 15) is 66.8 Å². The summed E-state index contributed by atoms with van der Waals surface area (Å²) in [5, 5.41) is 63.7. The molecule has 0 aromatic heterocycles. The molecule has 2 unspecified atom stereocenters. The Bertz CT molecular complexity index is 2390. The number of hydrogen-bond donors (Lipinski definition) is 11. The molecule has 15 N–H and O–H groups in total. The SMILES string of the molecule is CC(=O)[O-].CC(=O)[O-].CC(=O)[O-].CC[C@H](C)[C@H](CC(=O)[C@H](Cc1ccc(O)c(C(F)(F)F)c1)NC(=O)[C@@H](CC(=O)[C@H](CCC[NH+]=C(N)N)NC(=O)[C@@H]([NH3+])CC(=O)O)C(C)C)C(=O)NC(CC1=CCC=[NH+]1)C(=O)C1CCC[C@H]1C(=O)O. The van der Waals surface area contributed by atoms with Crippen molar-refractivity contribution in [2.24, 2.45) is 47.0 Å². The lowest BCUT2D eigenvalue weighted by atomic mass is 9.82. The van der Waals surface area contributed by atoms with E-state index >= 15 is 0 Å². The van der Waals surface area contributed by atoms with Gasteiger partial charge in [0.25, 0.3) is 5.91 Å². The van der Waals surface area contributed by atoms with E-state index in [0.29, 0.717) is 43.9 Å². The van der Waals surface area contributed by atoms with Crippen LogP contribution in [0.1, 0.15) is 130 Å². The molecule has 1 aliphatic heterocycles. The first-order valence-electron chi connectivity index (χ1n) is 25.6. The molecule has 3 amide bonds. The average Bonchev–Trinajstić information content (AvgIpc) is 4.05. The van der Waals surface area contributed by atoms with Gasteiger partial charge in [-0.15, -0.1) is 0 Å². The number of nitrogens with two attached hydrogens (primary N) is 2. The number of ketones is 3. The highest BCUT2D eigenvalue weighted by molar-refractivity contribution is 5.98. The van der Waals surface area contributed by atoms with Crippen molar-refractivity contribution < 1.29 is 112 Å². The fourth-order valence-electron chi connectivity index (χ4n) is 8.50. The summed E-state index contributed by atoms with van der Waals surface area (Å²) in [7, 11) is 0. The standard InChI is InChI=1S/C46H65F3N8O11.3C2H4O2/c1-5-24(4)30(42(65)57-35(19-26-9-7-15-53-26)40(63)27-10-6-11-28(27)44(67)68)21-38(60)34(18-25-13-14-36(58)31(17-25)46(47,48)49)56-41(64)29(23(2)3)20-37(59)33(12-8-16-54-45(51)52)55-43(66)32(50)22-39(61)62;3*1-2(3)4/h9,13-15,17,23-24,27-30,32-35,58H,5-8,10-12,16,18-22,50H2,1-4H3,(H,55,66)(H,56,64)(H,57,65)(H,61,62)(H,67,68)(H4,51,52,54);3*1H3,(H,3,4)/t24-,27?,28+,29-,30-,32-,33-,34-,35?;;;/m0.../s1. The largest absolute Gasteiger partial charge is 0.550 e. The highest BCUT2D eigenvalue weighted by Gasteiger charge is 2.43. The lowest BCUT2D eigenvalue weighted by molar-refractivity contribution is -0.459. The van der Waals surface area contributed by atoms with Crippen molar-refractivity contribution in [1.82, 2.24) is 16.0 Å². The third kappa shape index (κ3) is 28.2. The first kappa shape index (κ1) is 72.2. The number of benzene rings is 1. The van der Waals surface area contributed by atoms with E-state index in [4.69, 9.17) is 41.2 Å². The van der Waals surface area contributed by atoms with Gasteiger partial charge in [-0.1, -0.05) is 46.6 Å². The maximum Gasteiger partial charge on any atom is 0.419 e. The van der Waals surface area contributed by atoms with E-state index < -0.39 is 168 Å². The first-order chi connectivity index (χ1) is 37.0. The topological polar surface area (TPSA) is 461 Å². The Kier molecular flexibility index (Phi) is 32.2. The molecule has 28 heteroatoms. The number of aliphatic carboxylic acids is 5. The Balaban J connectivity index is 0.00000470. The average molecular weight is 1140 g/mol. The molecule has 0 spiro atoms. The van der Waals surface area contributed by atoms with Crippen LogP contribution in [-0.4, -0.2) is 123 Å². The minimum Gasteiger partial charge on any atom is -0.550 e. The van der Waals surface area contributed by atoms with E-state index in [2.05, 4.69) is 31.7 Å². The zero-order valence-electron chi connectivity index (χ0n) is 45.9. The number of phenols is 1. The number of carbonyl (C=O) groups excluding carboxylic acids is 9. The number of carbonyl (C=O) groups is 11. The van der Waals surface area contributed by atoms with Crippen molar-refractivity contribution in [1.29, 1.82) is 0 Å². The number of carboxylic acids is 5. The molecule has 1 heterocycles. The van der Waals surface area contributed by atoms with Crippen LogP contribution in [0.5, 0.6) is 5.75 Å². The van der Waals surface area contributed by atoms with E-state index in [0.717, 1.165) is 32.9 Å². The number of aromatic hydroxyl groups is 1. The number of halogens is 3. The number of nitrogens with one attached hydrogen (secondary N) is 5. The quantitative estimate of drug-likeness (QED) is 0.0212. The fraction of sp³-hybridized carbons (Fsp3) is 0.596. The van der Waals surface area contributed by atoms with Gasteiger partial charge in [0.1, 0.15) is 18.4 Å². The zero-order chi connectivity index (χ0) is 61.8. The number of quaternary nitrogens is 1. The van der Waals surface area contributed by atoms with Crippen LogP contribution in [0.25, 0.3) is 0 Å². The number of amides is 3. The number of rotatable bonds is 28. The summed E-state index contributed by atoms with van der Waals surface area (Å²) in [6.07, 6.45) is -1.43. The van der Waals surface area contributed by atoms with Gasteiger partial charge in [-0.3, -0.25) is 54.8 Å². The van der Waals surface area contributed by atoms with Crippen LogP contribution < -0.4 is 58.5 Å². The molecule has 1 saturated carbocycles. The molecule has 0 bridgehead atoms. The third-order valence-corrected chi connectivity index (χ3v) is 12.7. The van der Waals surface area contributed by atoms with Crippen molar-refractivity contribution in [2.45, 2.75) is 156 Å². The van der Waals surface area contributed by atoms with Crippen molar-refractivity contribution in [3.63, 3.8) is 0 Å². The van der Waals surface area contributed by atoms with Gasteiger partial charge in [-0.05, 0) is 88.5 Å². The summed E-state index contributed by atoms with van der Waals surface area (Å²) < 4.78 is 41.9. The maximum absolute atomic E-state index is 14.6.